The Morgan fingerprint density at radius 2 is 2.17 bits per heavy atom. The lowest BCUT2D eigenvalue weighted by molar-refractivity contribution is -0.128. The van der Waals surface area contributed by atoms with Crippen molar-refractivity contribution in [2.45, 2.75) is 45.1 Å². The lowest BCUT2D eigenvalue weighted by Gasteiger charge is -2.40. The maximum Gasteiger partial charge on any atom is 0.222 e. The molecule has 18 heavy (non-hydrogen) atoms. The van der Waals surface area contributed by atoms with Crippen LogP contribution in [0.15, 0.2) is 0 Å². The monoisotopic (exact) mass is 255 g/mol. The molecule has 106 valence electrons. The Balaban J connectivity index is 2.37. The Morgan fingerprint density at radius 3 is 2.72 bits per heavy atom. The normalized spacial score (nSPS) is 25.1. The summed E-state index contributed by atoms with van der Waals surface area (Å²) in [6.45, 7) is 5.17. The molecule has 1 rings (SSSR count). The first-order valence-electron chi connectivity index (χ1n) is 7.24. The number of hydrogen-bond donors (Lipinski definition) is 1. The van der Waals surface area contributed by atoms with E-state index in [2.05, 4.69) is 11.8 Å². The van der Waals surface area contributed by atoms with Crippen LogP contribution < -0.4 is 5.73 Å². The second-order valence-corrected chi connectivity index (χ2v) is 5.54. The van der Waals surface area contributed by atoms with Crippen LogP contribution in [0.25, 0.3) is 0 Å². The highest BCUT2D eigenvalue weighted by atomic mass is 16.2. The highest BCUT2D eigenvalue weighted by Gasteiger charge is 2.28. The molecular weight excluding hydrogens is 226 g/mol. The summed E-state index contributed by atoms with van der Waals surface area (Å²) in [4.78, 5) is 15.7. The van der Waals surface area contributed by atoms with Gasteiger partial charge >= 0.3 is 0 Å². The number of hydrogen-bond acceptors (Lipinski definition) is 3. The Kier molecular flexibility index (Phi) is 6.65. The first-order chi connectivity index (χ1) is 8.60. The van der Waals surface area contributed by atoms with Gasteiger partial charge in [0.05, 0.1) is 0 Å². The van der Waals surface area contributed by atoms with Crippen LogP contribution >= 0.6 is 0 Å². The van der Waals surface area contributed by atoms with Gasteiger partial charge in [-0.1, -0.05) is 13.3 Å². The van der Waals surface area contributed by atoms with E-state index in [1.165, 1.54) is 19.3 Å². The van der Waals surface area contributed by atoms with Crippen LogP contribution in [0.2, 0.25) is 0 Å². The van der Waals surface area contributed by atoms with E-state index < -0.39 is 0 Å². The minimum Gasteiger partial charge on any atom is -0.349 e. The molecule has 0 aromatic carbocycles. The molecule has 4 nitrogen and oxygen atoms in total. The molecule has 1 aliphatic rings. The first kappa shape index (κ1) is 15.4. The van der Waals surface area contributed by atoms with E-state index in [-0.39, 0.29) is 5.91 Å². The number of carbonyl (C=O) groups excluding carboxylic acids is 1. The molecule has 2 atom stereocenters. The molecule has 0 aliphatic carbocycles. The Hall–Kier alpha value is -0.610. The van der Waals surface area contributed by atoms with Gasteiger partial charge in [0.1, 0.15) is 0 Å². The Bertz CT molecular complexity index is 255. The molecule has 0 radical (unpaired) electrons. The molecule has 2 N–H and O–H groups in total. The van der Waals surface area contributed by atoms with Gasteiger partial charge in [0.25, 0.3) is 0 Å². The van der Waals surface area contributed by atoms with Crippen LogP contribution in [0, 0.1) is 5.92 Å². The smallest absolute Gasteiger partial charge is 0.222 e. The second-order valence-electron chi connectivity index (χ2n) is 5.54. The second kappa shape index (κ2) is 7.74. The Morgan fingerprint density at radius 1 is 1.44 bits per heavy atom. The van der Waals surface area contributed by atoms with Crippen molar-refractivity contribution in [1.82, 2.24) is 9.80 Å². The fourth-order valence-corrected chi connectivity index (χ4v) is 2.97. The lowest BCUT2D eigenvalue weighted by Crippen LogP contribution is -2.49. The molecule has 1 fully saturated rings. The fourth-order valence-electron chi connectivity index (χ4n) is 2.97. The summed E-state index contributed by atoms with van der Waals surface area (Å²) in [5.41, 5.74) is 5.92. The SMILES string of the molecule is CCC1CCCN(CCCC(=O)N(C)C)C1CN. The molecule has 0 aromatic rings. The van der Waals surface area contributed by atoms with Gasteiger partial charge in [-0.3, -0.25) is 9.69 Å². The van der Waals surface area contributed by atoms with Crippen molar-refractivity contribution in [3.8, 4) is 0 Å². The Labute approximate surface area is 111 Å². The highest BCUT2D eigenvalue weighted by Crippen LogP contribution is 2.25. The molecule has 0 spiro atoms. The van der Waals surface area contributed by atoms with Crippen molar-refractivity contribution in [3.63, 3.8) is 0 Å². The number of carbonyl (C=O) groups is 1. The summed E-state index contributed by atoms with van der Waals surface area (Å²) < 4.78 is 0. The van der Waals surface area contributed by atoms with E-state index in [0.717, 1.165) is 32.0 Å². The van der Waals surface area contributed by atoms with Gasteiger partial charge in [0, 0.05) is 33.1 Å². The largest absolute Gasteiger partial charge is 0.349 e. The average molecular weight is 255 g/mol. The van der Waals surface area contributed by atoms with Crippen molar-refractivity contribution < 1.29 is 4.79 Å². The van der Waals surface area contributed by atoms with Crippen LogP contribution in [0.1, 0.15) is 39.0 Å². The summed E-state index contributed by atoms with van der Waals surface area (Å²) in [5.74, 6) is 0.969. The summed E-state index contributed by atoms with van der Waals surface area (Å²) in [7, 11) is 3.64. The van der Waals surface area contributed by atoms with Crippen molar-refractivity contribution in [2.75, 3.05) is 33.7 Å². The van der Waals surface area contributed by atoms with Crippen molar-refractivity contribution in [1.29, 1.82) is 0 Å². The van der Waals surface area contributed by atoms with Gasteiger partial charge in [-0.25, -0.2) is 0 Å². The van der Waals surface area contributed by atoms with E-state index >= 15 is 0 Å². The number of rotatable bonds is 6. The van der Waals surface area contributed by atoms with Crippen LogP contribution in [-0.4, -0.2) is 55.5 Å². The zero-order chi connectivity index (χ0) is 13.5. The summed E-state index contributed by atoms with van der Waals surface area (Å²) in [5, 5.41) is 0. The fraction of sp³-hybridized carbons (Fsp3) is 0.929. The zero-order valence-electron chi connectivity index (χ0n) is 12.2. The molecule has 0 aromatic heterocycles. The molecule has 4 heteroatoms. The van der Waals surface area contributed by atoms with E-state index in [4.69, 9.17) is 5.73 Å². The van der Waals surface area contributed by atoms with Gasteiger partial charge < -0.3 is 10.6 Å². The van der Waals surface area contributed by atoms with E-state index in [9.17, 15) is 4.79 Å². The summed E-state index contributed by atoms with van der Waals surface area (Å²) in [6.07, 6.45) is 5.40. The van der Waals surface area contributed by atoms with Crippen LogP contribution in [0.5, 0.6) is 0 Å². The lowest BCUT2D eigenvalue weighted by atomic mass is 9.87. The third-order valence-corrected chi connectivity index (χ3v) is 4.13. The maximum absolute atomic E-state index is 11.5. The van der Waals surface area contributed by atoms with E-state index in [0.29, 0.717) is 12.5 Å². The van der Waals surface area contributed by atoms with Gasteiger partial charge in [-0.05, 0) is 38.3 Å². The minimum absolute atomic E-state index is 0.225. The number of nitrogens with zero attached hydrogens (tertiary/aromatic N) is 2. The van der Waals surface area contributed by atoms with E-state index in [1.807, 2.05) is 14.1 Å². The van der Waals surface area contributed by atoms with Crippen LogP contribution in [0.3, 0.4) is 0 Å². The predicted molar refractivity (Wildman–Crippen MR) is 75.4 cm³/mol. The standard InChI is InChI=1S/C14H29N3O/c1-4-12-7-5-9-17(13(12)11-15)10-6-8-14(18)16(2)3/h12-13H,4-11,15H2,1-3H3. The number of nitrogens with two attached hydrogens (primary N) is 1. The van der Waals surface area contributed by atoms with E-state index in [1.54, 1.807) is 4.90 Å². The van der Waals surface area contributed by atoms with Crippen molar-refractivity contribution in [2.24, 2.45) is 11.7 Å². The summed E-state index contributed by atoms with van der Waals surface area (Å²) in [6, 6.07) is 0.526. The molecule has 0 bridgehead atoms. The number of likely N-dealkylation sites (tertiary alicyclic amines) is 1. The number of piperidine rings is 1. The number of amides is 1. The molecule has 2 unspecified atom stereocenters. The van der Waals surface area contributed by atoms with Crippen molar-refractivity contribution >= 4 is 5.91 Å². The molecule has 1 heterocycles. The zero-order valence-corrected chi connectivity index (χ0v) is 12.2. The molecular formula is C14H29N3O. The van der Waals surface area contributed by atoms with Gasteiger partial charge in [0.15, 0.2) is 0 Å². The maximum atomic E-state index is 11.5. The predicted octanol–water partition coefficient (Wildman–Crippen LogP) is 1.30. The molecule has 1 saturated heterocycles. The first-order valence-corrected chi connectivity index (χ1v) is 7.24. The third kappa shape index (κ3) is 4.25. The highest BCUT2D eigenvalue weighted by molar-refractivity contribution is 5.75. The summed E-state index contributed by atoms with van der Waals surface area (Å²) >= 11 is 0. The quantitative estimate of drug-likeness (QED) is 0.778. The third-order valence-electron chi connectivity index (χ3n) is 4.13. The molecule has 1 aliphatic heterocycles. The van der Waals surface area contributed by atoms with Crippen LogP contribution in [-0.2, 0) is 4.79 Å². The molecule has 1 amide bonds. The van der Waals surface area contributed by atoms with Gasteiger partial charge in [-0.15, -0.1) is 0 Å². The molecule has 0 saturated carbocycles. The van der Waals surface area contributed by atoms with Gasteiger partial charge in [0.2, 0.25) is 5.91 Å². The van der Waals surface area contributed by atoms with Gasteiger partial charge in [-0.2, -0.15) is 0 Å². The topological polar surface area (TPSA) is 49.6 Å². The van der Waals surface area contributed by atoms with Crippen molar-refractivity contribution in [3.05, 3.63) is 0 Å². The van der Waals surface area contributed by atoms with Crippen LogP contribution in [0.4, 0.5) is 0 Å². The average Bonchev–Trinajstić information content (AvgIpc) is 2.37. The minimum atomic E-state index is 0.225.